The van der Waals surface area contributed by atoms with Gasteiger partial charge in [0.2, 0.25) is 6.41 Å². The van der Waals surface area contributed by atoms with Crippen LogP contribution < -0.4 is 10.4 Å². The molecule has 0 fully saturated rings. The summed E-state index contributed by atoms with van der Waals surface area (Å²) in [7, 11) is 0. The third-order valence-corrected chi connectivity index (χ3v) is 2.79. The summed E-state index contributed by atoms with van der Waals surface area (Å²) in [4.78, 5) is 19.2. The average Bonchev–Trinajstić information content (AvgIpc) is 2.46. The third-order valence-electron chi connectivity index (χ3n) is 2.23. The number of nitrogens with one attached hydrogen (secondary N) is 1. The van der Waals surface area contributed by atoms with Crippen molar-refractivity contribution in [3.63, 3.8) is 0 Å². The average molecular weight is 260 g/mol. The van der Waals surface area contributed by atoms with E-state index >= 15 is 0 Å². The van der Waals surface area contributed by atoms with Gasteiger partial charge in [-0.2, -0.15) is 0 Å². The van der Waals surface area contributed by atoms with Crippen LogP contribution in [-0.4, -0.2) is 22.6 Å². The van der Waals surface area contributed by atoms with Gasteiger partial charge in [-0.25, -0.2) is 15.0 Å². The molecule has 0 bridgehead atoms. The summed E-state index contributed by atoms with van der Waals surface area (Å²) < 4.78 is 0. The molecule has 6 heteroatoms. The van der Waals surface area contributed by atoms with E-state index in [0.29, 0.717) is 17.4 Å². The topological polar surface area (TPSA) is 58.1 Å². The predicted octanol–water partition coefficient (Wildman–Crippen LogP) is 2.00. The third kappa shape index (κ3) is 2.78. The van der Waals surface area contributed by atoms with Crippen molar-refractivity contribution in [2.45, 2.75) is 5.16 Å². The summed E-state index contributed by atoms with van der Waals surface area (Å²) in [6, 6.07) is 11.2. The minimum absolute atomic E-state index is 0.618. The molecule has 5 nitrogen and oxygen atoms in total. The van der Waals surface area contributed by atoms with Gasteiger partial charge >= 0.3 is 0 Å². The number of aromatic nitrogens is 2. The Bertz CT molecular complexity index is 520. The first-order chi connectivity index (χ1) is 8.85. The fraction of sp³-hybridized carbons (Fsp3) is 0.0833. The number of hydrogen-bond acceptors (Lipinski definition) is 5. The van der Waals surface area contributed by atoms with Gasteiger partial charge in [0.25, 0.3) is 0 Å². The van der Waals surface area contributed by atoms with Crippen molar-refractivity contribution in [2.24, 2.45) is 0 Å². The maximum absolute atomic E-state index is 10.7. The highest BCUT2D eigenvalue weighted by atomic mass is 32.2. The smallest absolute Gasteiger partial charge is 0.226 e. The van der Waals surface area contributed by atoms with Gasteiger partial charge in [-0.1, -0.05) is 30.0 Å². The van der Waals surface area contributed by atoms with Crippen LogP contribution in [0.2, 0.25) is 0 Å². The molecule has 0 atom stereocenters. The lowest BCUT2D eigenvalue weighted by atomic mass is 10.3. The molecule has 18 heavy (non-hydrogen) atoms. The van der Waals surface area contributed by atoms with E-state index in [2.05, 4.69) is 15.4 Å². The highest BCUT2D eigenvalue weighted by Gasteiger charge is 2.10. The zero-order valence-electron chi connectivity index (χ0n) is 9.78. The van der Waals surface area contributed by atoms with E-state index in [1.54, 1.807) is 17.3 Å². The highest BCUT2D eigenvalue weighted by Crippen LogP contribution is 2.21. The van der Waals surface area contributed by atoms with Gasteiger partial charge in [0.05, 0.1) is 5.69 Å². The fourth-order valence-corrected chi connectivity index (χ4v) is 1.81. The number of para-hydroxylation sites is 1. The summed E-state index contributed by atoms with van der Waals surface area (Å²) in [6.07, 6.45) is 4.18. The SMILES string of the molecule is CSc1nccc(N(NC=O)c2ccccc2)n1. The lowest BCUT2D eigenvalue weighted by molar-refractivity contribution is -0.109. The Morgan fingerprint density at radius 1 is 1.28 bits per heavy atom. The molecule has 0 spiro atoms. The van der Waals surface area contributed by atoms with Crippen molar-refractivity contribution in [2.75, 3.05) is 11.3 Å². The fourth-order valence-electron chi connectivity index (χ4n) is 1.46. The molecule has 2 rings (SSSR count). The van der Waals surface area contributed by atoms with Crippen LogP contribution in [0.15, 0.2) is 47.8 Å². The first-order valence-electron chi connectivity index (χ1n) is 5.27. The van der Waals surface area contributed by atoms with E-state index in [1.807, 2.05) is 36.6 Å². The molecule has 1 aromatic heterocycles. The molecule has 0 aliphatic carbocycles. The minimum atomic E-state index is 0.618. The number of hydrazine groups is 1. The van der Waals surface area contributed by atoms with E-state index < -0.39 is 0 Å². The largest absolute Gasteiger partial charge is 0.277 e. The first-order valence-corrected chi connectivity index (χ1v) is 6.49. The second-order valence-corrected chi connectivity index (χ2v) is 4.09. The van der Waals surface area contributed by atoms with Crippen molar-refractivity contribution in [1.29, 1.82) is 0 Å². The van der Waals surface area contributed by atoms with Crippen molar-refractivity contribution < 1.29 is 4.79 Å². The van der Waals surface area contributed by atoms with E-state index in [0.717, 1.165) is 5.69 Å². The Morgan fingerprint density at radius 3 is 2.72 bits per heavy atom. The Labute approximate surface area is 109 Å². The number of rotatable bonds is 5. The van der Waals surface area contributed by atoms with Gasteiger partial charge in [-0.3, -0.25) is 10.2 Å². The normalized spacial score (nSPS) is 9.83. The van der Waals surface area contributed by atoms with E-state index in [9.17, 15) is 4.79 Å². The molecule has 1 N–H and O–H groups in total. The monoisotopic (exact) mass is 260 g/mol. The summed E-state index contributed by atoms with van der Waals surface area (Å²) in [5.41, 5.74) is 3.45. The van der Waals surface area contributed by atoms with Gasteiger partial charge in [0, 0.05) is 12.3 Å². The molecule has 1 amide bonds. The van der Waals surface area contributed by atoms with Gasteiger partial charge in [0.1, 0.15) is 0 Å². The summed E-state index contributed by atoms with van der Waals surface area (Å²) in [5.74, 6) is 0.618. The molecule has 92 valence electrons. The molecule has 0 saturated heterocycles. The number of carbonyl (C=O) groups is 1. The molecule has 1 aromatic carbocycles. The summed E-state index contributed by atoms with van der Waals surface area (Å²) in [5, 5.41) is 2.26. The van der Waals surface area contributed by atoms with E-state index in [1.165, 1.54) is 11.8 Å². The molecular weight excluding hydrogens is 248 g/mol. The molecule has 0 unspecified atom stereocenters. The molecule has 0 saturated carbocycles. The second kappa shape index (κ2) is 6.02. The number of carbonyl (C=O) groups excluding carboxylic acids is 1. The number of amides is 1. The molecule has 1 heterocycles. The van der Waals surface area contributed by atoms with Crippen LogP contribution >= 0.6 is 11.8 Å². The Hall–Kier alpha value is -2.08. The zero-order chi connectivity index (χ0) is 12.8. The first kappa shape index (κ1) is 12.4. The minimum Gasteiger partial charge on any atom is -0.277 e. The zero-order valence-corrected chi connectivity index (χ0v) is 10.6. The number of anilines is 2. The van der Waals surface area contributed by atoms with Gasteiger partial charge in [-0.15, -0.1) is 0 Å². The van der Waals surface area contributed by atoms with Crippen molar-refractivity contribution in [3.8, 4) is 0 Å². The van der Waals surface area contributed by atoms with E-state index in [4.69, 9.17) is 0 Å². The van der Waals surface area contributed by atoms with Crippen LogP contribution in [0, 0.1) is 0 Å². The Kier molecular flexibility index (Phi) is 4.14. The number of nitrogens with zero attached hydrogens (tertiary/aromatic N) is 3. The summed E-state index contributed by atoms with van der Waals surface area (Å²) >= 11 is 1.45. The highest BCUT2D eigenvalue weighted by molar-refractivity contribution is 7.98. The molecule has 0 aliphatic rings. The Balaban J connectivity index is 2.38. The van der Waals surface area contributed by atoms with Crippen LogP contribution in [-0.2, 0) is 4.79 Å². The molecular formula is C12H12N4OS. The second-order valence-electron chi connectivity index (χ2n) is 3.32. The number of hydrogen-bond donors (Lipinski definition) is 1. The van der Waals surface area contributed by atoms with E-state index in [-0.39, 0.29) is 0 Å². The van der Waals surface area contributed by atoms with Crippen molar-refractivity contribution >= 4 is 29.7 Å². The quantitative estimate of drug-likeness (QED) is 0.385. The van der Waals surface area contributed by atoms with Crippen molar-refractivity contribution in [1.82, 2.24) is 15.4 Å². The predicted molar refractivity (Wildman–Crippen MR) is 71.6 cm³/mol. The number of benzene rings is 1. The van der Waals surface area contributed by atoms with Crippen LogP contribution in [0.3, 0.4) is 0 Å². The maximum Gasteiger partial charge on any atom is 0.226 e. The van der Waals surface area contributed by atoms with Gasteiger partial charge in [-0.05, 0) is 18.4 Å². The van der Waals surface area contributed by atoms with Gasteiger partial charge in [0.15, 0.2) is 11.0 Å². The Morgan fingerprint density at radius 2 is 2.06 bits per heavy atom. The summed E-state index contributed by atoms with van der Waals surface area (Å²) in [6.45, 7) is 0. The number of thioether (sulfide) groups is 1. The molecule has 2 aromatic rings. The molecule has 0 radical (unpaired) electrons. The maximum atomic E-state index is 10.7. The van der Waals surface area contributed by atoms with Crippen LogP contribution in [0.25, 0.3) is 0 Å². The molecule has 0 aliphatic heterocycles. The van der Waals surface area contributed by atoms with Crippen molar-refractivity contribution in [3.05, 3.63) is 42.6 Å². The van der Waals surface area contributed by atoms with Crippen LogP contribution in [0.1, 0.15) is 0 Å². The lowest BCUT2D eigenvalue weighted by Gasteiger charge is -2.21. The van der Waals surface area contributed by atoms with Crippen LogP contribution in [0.5, 0.6) is 0 Å². The standard InChI is InChI=1S/C12H12N4OS/c1-18-12-13-8-7-11(15-12)16(14-9-17)10-5-3-2-4-6-10/h2-9H,1H3,(H,14,17). The van der Waals surface area contributed by atoms with Crippen LogP contribution in [0.4, 0.5) is 11.5 Å². The van der Waals surface area contributed by atoms with Gasteiger partial charge < -0.3 is 0 Å². The lowest BCUT2D eigenvalue weighted by Crippen LogP contribution is -2.33.